The Hall–Kier alpha value is -3.28. The zero-order chi connectivity index (χ0) is 15.8. The topological polar surface area (TPSA) is 86.5 Å². The van der Waals surface area contributed by atoms with Crippen molar-refractivity contribution in [2.45, 2.75) is 6.92 Å². The summed E-state index contributed by atoms with van der Waals surface area (Å²) in [5.74, 6) is 0.413. The van der Waals surface area contributed by atoms with Crippen molar-refractivity contribution in [3.63, 3.8) is 0 Å². The van der Waals surface area contributed by atoms with E-state index in [1.807, 2.05) is 49.4 Å². The average molecular weight is 303 g/mol. The van der Waals surface area contributed by atoms with Gasteiger partial charge in [0.1, 0.15) is 0 Å². The highest BCUT2D eigenvalue weighted by atomic mass is 16.3. The summed E-state index contributed by atoms with van der Waals surface area (Å²) in [7, 11) is 0. The molecule has 0 spiro atoms. The van der Waals surface area contributed by atoms with Crippen molar-refractivity contribution in [3.05, 3.63) is 54.2 Å². The minimum Gasteiger partial charge on any atom is -0.493 e. The Labute approximate surface area is 131 Å². The molecule has 0 bridgehead atoms. The number of aryl methyl sites for hydroxylation is 1. The van der Waals surface area contributed by atoms with E-state index in [0.29, 0.717) is 11.5 Å². The number of rotatable bonds is 2. The van der Waals surface area contributed by atoms with E-state index in [9.17, 15) is 5.11 Å². The fourth-order valence-corrected chi connectivity index (χ4v) is 2.62. The molecular weight excluding hydrogens is 290 g/mol. The number of aromatic amines is 1. The Bertz CT molecular complexity index is 1050. The van der Waals surface area contributed by atoms with Gasteiger partial charge in [-0.15, -0.1) is 15.3 Å². The van der Waals surface area contributed by atoms with E-state index in [2.05, 4.69) is 25.4 Å². The lowest BCUT2D eigenvalue weighted by molar-refractivity contribution is 0.459. The molecule has 0 saturated heterocycles. The average Bonchev–Trinajstić information content (AvgIpc) is 2.90. The van der Waals surface area contributed by atoms with Crippen LogP contribution in [0, 0.1) is 6.92 Å². The summed E-state index contributed by atoms with van der Waals surface area (Å²) >= 11 is 0. The van der Waals surface area contributed by atoms with Gasteiger partial charge in [-0.05, 0) is 12.5 Å². The maximum absolute atomic E-state index is 10.1. The highest BCUT2D eigenvalue weighted by molar-refractivity contribution is 5.96. The van der Waals surface area contributed by atoms with Crippen molar-refractivity contribution in [1.82, 2.24) is 15.2 Å². The smallest absolute Gasteiger partial charge is 0.218 e. The number of benzene rings is 2. The highest BCUT2D eigenvalue weighted by Gasteiger charge is 2.12. The number of para-hydroxylation sites is 1. The molecule has 0 saturated carbocycles. The first-order valence-electron chi connectivity index (χ1n) is 7.16. The summed E-state index contributed by atoms with van der Waals surface area (Å²) in [6.45, 7) is 1.97. The Morgan fingerprint density at radius 1 is 1.00 bits per heavy atom. The second-order valence-corrected chi connectivity index (χ2v) is 5.28. The number of aromatic nitrogens is 3. The van der Waals surface area contributed by atoms with Crippen LogP contribution in [0.5, 0.6) is 5.88 Å². The standard InChI is InChI=1S/C17H13N5O/c1-10-5-4-8-13-14(10)19-17(23)15(13)20-22-16-12-7-3-2-6-11(12)9-18-21-16/h2-9,19,23H,1H3. The van der Waals surface area contributed by atoms with Crippen LogP contribution in [0.2, 0.25) is 0 Å². The molecule has 4 rings (SSSR count). The summed E-state index contributed by atoms with van der Waals surface area (Å²) in [4.78, 5) is 2.93. The van der Waals surface area contributed by atoms with Gasteiger partial charge in [0, 0.05) is 16.2 Å². The molecule has 112 valence electrons. The van der Waals surface area contributed by atoms with Crippen LogP contribution in [0.4, 0.5) is 11.5 Å². The maximum atomic E-state index is 10.1. The van der Waals surface area contributed by atoms with Gasteiger partial charge in [-0.1, -0.05) is 42.5 Å². The fraction of sp³-hybridized carbons (Fsp3) is 0.0588. The third-order valence-corrected chi connectivity index (χ3v) is 3.79. The molecule has 2 aromatic heterocycles. The van der Waals surface area contributed by atoms with Crippen molar-refractivity contribution in [1.29, 1.82) is 0 Å². The number of nitrogens with zero attached hydrogens (tertiary/aromatic N) is 4. The molecule has 23 heavy (non-hydrogen) atoms. The lowest BCUT2D eigenvalue weighted by atomic mass is 10.1. The predicted molar refractivity (Wildman–Crippen MR) is 88.4 cm³/mol. The summed E-state index contributed by atoms with van der Waals surface area (Å²) < 4.78 is 0. The third-order valence-electron chi connectivity index (χ3n) is 3.79. The molecule has 6 nitrogen and oxygen atoms in total. The number of hydrogen-bond donors (Lipinski definition) is 2. The van der Waals surface area contributed by atoms with E-state index in [1.54, 1.807) is 6.20 Å². The molecule has 2 aromatic carbocycles. The molecule has 0 aliphatic rings. The van der Waals surface area contributed by atoms with Crippen molar-refractivity contribution >= 4 is 33.2 Å². The molecule has 0 amide bonds. The molecule has 4 aromatic rings. The van der Waals surface area contributed by atoms with E-state index < -0.39 is 0 Å². The maximum Gasteiger partial charge on any atom is 0.218 e. The SMILES string of the molecule is Cc1cccc2c(N=Nc3nncc4ccccc34)c(O)[nH]c12. The van der Waals surface area contributed by atoms with Gasteiger partial charge in [0.2, 0.25) is 11.7 Å². The van der Waals surface area contributed by atoms with Crippen molar-refractivity contribution in [2.75, 3.05) is 0 Å². The molecule has 0 atom stereocenters. The molecule has 0 aliphatic carbocycles. The van der Waals surface area contributed by atoms with Crippen molar-refractivity contribution < 1.29 is 5.11 Å². The predicted octanol–water partition coefficient (Wildman–Crippen LogP) is 4.54. The molecule has 0 fully saturated rings. The second kappa shape index (κ2) is 5.17. The fourth-order valence-electron chi connectivity index (χ4n) is 2.62. The van der Waals surface area contributed by atoms with Crippen LogP contribution in [0.3, 0.4) is 0 Å². The van der Waals surface area contributed by atoms with Crippen LogP contribution in [0.25, 0.3) is 21.7 Å². The first-order chi connectivity index (χ1) is 11.2. The van der Waals surface area contributed by atoms with Gasteiger partial charge in [-0.3, -0.25) is 0 Å². The van der Waals surface area contributed by atoms with Gasteiger partial charge in [0.25, 0.3) is 0 Å². The van der Waals surface area contributed by atoms with Gasteiger partial charge in [0.05, 0.1) is 11.7 Å². The number of hydrogen-bond acceptors (Lipinski definition) is 5. The molecule has 0 unspecified atom stereocenters. The monoisotopic (exact) mass is 303 g/mol. The quantitative estimate of drug-likeness (QED) is 0.533. The van der Waals surface area contributed by atoms with E-state index >= 15 is 0 Å². The molecular formula is C17H13N5O. The number of H-pyrrole nitrogens is 1. The van der Waals surface area contributed by atoms with Gasteiger partial charge in [0.15, 0.2) is 5.69 Å². The number of nitrogens with one attached hydrogen (secondary N) is 1. The normalized spacial score (nSPS) is 11.7. The number of fused-ring (bicyclic) bond motifs is 2. The molecule has 2 heterocycles. The van der Waals surface area contributed by atoms with E-state index in [1.165, 1.54) is 0 Å². The summed E-state index contributed by atoms with van der Waals surface area (Å²) in [5.41, 5.74) is 2.28. The Balaban J connectivity index is 1.85. The molecule has 2 N–H and O–H groups in total. The number of aromatic hydroxyl groups is 1. The van der Waals surface area contributed by atoms with Gasteiger partial charge < -0.3 is 10.1 Å². The Kier molecular flexibility index (Phi) is 3.01. The van der Waals surface area contributed by atoms with Crippen molar-refractivity contribution in [3.8, 4) is 5.88 Å². The Morgan fingerprint density at radius 2 is 1.83 bits per heavy atom. The highest BCUT2D eigenvalue weighted by Crippen LogP contribution is 2.37. The Morgan fingerprint density at radius 3 is 2.74 bits per heavy atom. The largest absolute Gasteiger partial charge is 0.493 e. The zero-order valence-electron chi connectivity index (χ0n) is 12.4. The van der Waals surface area contributed by atoms with E-state index in [4.69, 9.17) is 0 Å². The van der Waals surface area contributed by atoms with E-state index in [0.717, 1.165) is 27.2 Å². The second-order valence-electron chi connectivity index (χ2n) is 5.28. The van der Waals surface area contributed by atoms with Crippen LogP contribution in [0.1, 0.15) is 5.56 Å². The first kappa shape index (κ1) is 13.4. The van der Waals surface area contributed by atoms with Gasteiger partial charge in [-0.2, -0.15) is 5.10 Å². The first-order valence-corrected chi connectivity index (χ1v) is 7.16. The van der Waals surface area contributed by atoms with Crippen molar-refractivity contribution in [2.24, 2.45) is 10.2 Å². The van der Waals surface area contributed by atoms with Crippen LogP contribution >= 0.6 is 0 Å². The minimum atomic E-state index is -0.00811. The van der Waals surface area contributed by atoms with Crippen LogP contribution in [0.15, 0.2) is 58.9 Å². The minimum absolute atomic E-state index is 0.00811. The molecule has 6 heteroatoms. The lowest BCUT2D eigenvalue weighted by Crippen LogP contribution is -1.82. The van der Waals surface area contributed by atoms with Crippen LogP contribution < -0.4 is 0 Å². The summed E-state index contributed by atoms with van der Waals surface area (Å²) in [5, 5.41) is 29.1. The molecule has 0 aliphatic heterocycles. The van der Waals surface area contributed by atoms with Crippen LogP contribution in [-0.2, 0) is 0 Å². The third kappa shape index (κ3) is 2.20. The number of azo groups is 1. The molecule has 0 radical (unpaired) electrons. The van der Waals surface area contributed by atoms with Gasteiger partial charge in [-0.25, -0.2) is 0 Å². The van der Waals surface area contributed by atoms with Crippen LogP contribution in [-0.4, -0.2) is 20.3 Å². The summed E-state index contributed by atoms with van der Waals surface area (Å²) in [6, 6.07) is 13.5. The zero-order valence-corrected chi connectivity index (χ0v) is 12.4. The summed E-state index contributed by atoms with van der Waals surface area (Å²) in [6.07, 6.45) is 1.68. The van der Waals surface area contributed by atoms with Gasteiger partial charge >= 0.3 is 0 Å². The lowest BCUT2D eigenvalue weighted by Gasteiger charge is -1.98. The van der Waals surface area contributed by atoms with E-state index in [-0.39, 0.29) is 5.88 Å².